The Balaban J connectivity index is 0.000000845. The van der Waals surface area contributed by atoms with Crippen molar-refractivity contribution in [3.63, 3.8) is 0 Å². The summed E-state index contributed by atoms with van der Waals surface area (Å²) in [5.74, 6) is 0.735. The topological polar surface area (TPSA) is 37.1 Å². The van der Waals surface area contributed by atoms with Crippen LogP contribution in [-0.2, 0) is 0 Å². The summed E-state index contributed by atoms with van der Waals surface area (Å²) in [5, 5.41) is 0. The summed E-state index contributed by atoms with van der Waals surface area (Å²) < 4.78 is 0.700. The standard InChI is InChI=1S/C8H11N4.BrH/c1-3-12(2)4-7-8(11-6-12)10-5-9-7;/h4-6H,3H2,1-2H3;1H/q+1;/p-1. The van der Waals surface area contributed by atoms with Crippen molar-refractivity contribution >= 4 is 18.5 Å². The van der Waals surface area contributed by atoms with Gasteiger partial charge < -0.3 is 17.0 Å². The maximum atomic E-state index is 4.22. The minimum Gasteiger partial charge on any atom is -1.00 e. The van der Waals surface area contributed by atoms with E-state index in [2.05, 4.69) is 35.1 Å². The van der Waals surface area contributed by atoms with E-state index in [1.54, 1.807) is 6.34 Å². The van der Waals surface area contributed by atoms with Crippen LogP contribution in [-0.4, -0.2) is 36.6 Å². The third kappa shape index (κ3) is 1.76. The zero-order valence-electron chi connectivity index (χ0n) is 7.61. The monoisotopic (exact) mass is 242 g/mol. The predicted octanol–water partition coefficient (Wildman–Crippen LogP) is -2.22. The van der Waals surface area contributed by atoms with Crippen molar-refractivity contribution in [3.05, 3.63) is 11.9 Å². The number of hydrogen-bond acceptors (Lipinski definition) is 3. The van der Waals surface area contributed by atoms with E-state index in [1.807, 2.05) is 6.34 Å². The molecule has 0 saturated carbocycles. The highest BCUT2D eigenvalue weighted by atomic mass is 79.9. The second-order valence-corrected chi connectivity index (χ2v) is 3.12. The minimum atomic E-state index is 0. The largest absolute Gasteiger partial charge is 1.00 e. The Hall–Kier alpha value is -0.810. The molecule has 1 atom stereocenters. The molecular formula is C8H11BrN4. The molecule has 4 nitrogen and oxygen atoms in total. The first-order valence-corrected chi connectivity index (χ1v) is 3.97. The second-order valence-electron chi connectivity index (χ2n) is 3.12. The molecule has 2 heterocycles. The quantitative estimate of drug-likeness (QED) is 0.468. The molecule has 0 aromatic carbocycles. The third-order valence-electron chi connectivity index (χ3n) is 2.15. The molecule has 0 aromatic heterocycles. The number of aliphatic imine (C=N–C) groups is 3. The van der Waals surface area contributed by atoms with Crippen LogP contribution in [0, 0.1) is 0 Å². The highest BCUT2D eigenvalue weighted by Gasteiger charge is 2.24. The normalized spacial score (nSPS) is 29.1. The molecule has 0 fully saturated rings. The predicted molar refractivity (Wildman–Crippen MR) is 49.2 cm³/mol. The van der Waals surface area contributed by atoms with E-state index in [9.17, 15) is 0 Å². The van der Waals surface area contributed by atoms with Crippen LogP contribution < -0.4 is 17.0 Å². The summed E-state index contributed by atoms with van der Waals surface area (Å²) in [6.07, 6.45) is 5.50. The van der Waals surface area contributed by atoms with Gasteiger partial charge in [-0.15, -0.1) is 0 Å². The Morgan fingerprint density at radius 3 is 2.85 bits per heavy atom. The molecule has 0 amide bonds. The molecule has 1 unspecified atom stereocenters. The lowest BCUT2D eigenvalue weighted by Gasteiger charge is -2.24. The van der Waals surface area contributed by atoms with Gasteiger partial charge in [0, 0.05) is 0 Å². The van der Waals surface area contributed by atoms with E-state index in [1.165, 1.54) is 0 Å². The third-order valence-corrected chi connectivity index (χ3v) is 2.15. The van der Waals surface area contributed by atoms with Gasteiger partial charge in [0.2, 0.25) is 0 Å². The van der Waals surface area contributed by atoms with Crippen molar-refractivity contribution < 1.29 is 21.5 Å². The average Bonchev–Trinajstić information content (AvgIpc) is 2.51. The summed E-state index contributed by atoms with van der Waals surface area (Å²) in [4.78, 5) is 12.3. The average molecular weight is 243 g/mol. The zero-order valence-corrected chi connectivity index (χ0v) is 9.19. The first-order valence-electron chi connectivity index (χ1n) is 3.97. The minimum absolute atomic E-state index is 0. The molecule has 2 rings (SSSR count). The van der Waals surface area contributed by atoms with Crippen molar-refractivity contribution in [3.8, 4) is 0 Å². The van der Waals surface area contributed by atoms with Gasteiger partial charge in [0.1, 0.15) is 12.5 Å². The Morgan fingerprint density at radius 1 is 1.38 bits per heavy atom. The number of quaternary nitrogens is 1. The van der Waals surface area contributed by atoms with Crippen molar-refractivity contribution in [1.29, 1.82) is 0 Å². The lowest BCUT2D eigenvalue weighted by molar-refractivity contribution is -0.757. The Bertz CT molecular complexity index is 329. The molecule has 2 aliphatic heterocycles. The van der Waals surface area contributed by atoms with Gasteiger partial charge in [-0.05, 0) is 6.92 Å². The van der Waals surface area contributed by atoms with E-state index >= 15 is 0 Å². The van der Waals surface area contributed by atoms with Crippen molar-refractivity contribution in [2.75, 3.05) is 13.6 Å². The van der Waals surface area contributed by atoms with Gasteiger partial charge in [-0.25, -0.2) is 9.98 Å². The molecule has 5 heteroatoms. The zero-order chi connectivity index (χ0) is 8.60. The second kappa shape index (κ2) is 3.51. The van der Waals surface area contributed by atoms with E-state index < -0.39 is 0 Å². The highest BCUT2D eigenvalue weighted by Crippen LogP contribution is 2.16. The number of halogens is 1. The van der Waals surface area contributed by atoms with E-state index in [-0.39, 0.29) is 17.0 Å². The summed E-state index contributed by atoms with van der Waals surface area (Å²) in [5.41, 5.74) is 0.891. The van der Waals surface area contributed by atoms with E-state index in [0.29, 0.717) is 4.48 Å². The van der Waals surface area contributed by atoms with Gasteiger partial charge in [0.15, 0.2) is 17.9 Å². The van der Waals surface area contributed by atoms with E-state index in [0.717, 1.165) is 18.1 Å². The molecule has 2 aliphatic rings. The van der Waals surface area contributed by atoms with Crippen LogP contribution in [0.15, 0.2) is 26.9 Å². The van der Waals surface area contributed by atoms with Gasteiger partial charge in [-0.1, -0.05) is 0 Å². The maximum absolute atomic E-state index is 4.22. The molecular weight excluding hydrogens is 232 g/mol. The smallest absolute Gasteiger partial charge is 0.196 e. The molecule has 0 aromatic rings. The number of amidine groups is 1. The molecule has 0 aliphatic carbocycles. The molecule has 70 valence electrons. The van der Waals surface area contributed by atoms with Crippen LogP contribution in [0.5, 0.6) is 0 Å². The van der Waals surface area contributed by atoms with Crippen molar-refractivity contribution in [1.82, 2.24) is 0 Å². The summed E-state index contributed by atoms with van der Waals surface area (Å²) >= 11 is 0. The highest BCUT2D eigenvalue weighted by molar-refractivity contribution is 6.09. The molecule has 0 bridgehead atoms. The van der Waals surface area contributed by atoms with Crippen LogP contribution >= 0.6 is 0 Å². The Labute approximate surface area is 87.8 Å². The first kappa shape index (κ1) is 10.3. The van der Waals surface area contributed by atoms with Crippen LogP contribution in [0.1, 0.15) is 6.92 Å². The Morgan fingerprint density at radius 2 is 2.15 bits per heavy atom. The number of rotatable bonds is 1. The van der Waals surface area contributed by atoms with Crippen LogP contribution in [0.4, 0.5) is 0 Å². The molecule has 13 heavy (non-hydrogen) atoms. The fourth-order valence-corrected chi connectivity index (χ4v) is 1.13. The fraction of sp³-hybridized carbons (Fsp3) is 0.375. The number of nitrogens with zero attached hydrogens (tertiary/aromatic N) is 4. The summed E-state index contributed by atoms with van der Waals surface area (Å²) in [7, 11) is 2.08. The van der Waals surface area contributed by atoms with Crippen LogP contribution in [0.25, 0.3) is 0 Å². The number of fused-ring (bicyclic) bond motifs is 1. The fourth-order valence-electron chi connectivity index (χ4n) is 1.13. The summed E-state index contributed by atoms with van der Waals surface area (Å²) in [6, 6.07) is 0. The first-order chi connectivity index (χ1) is 5.73. The number of hydrogen-bond donors (Lipinski definition) is 0. The van der Waals surface area contributed by atoms with Gasteiger partial charge in [0.25, 0.3) is 0 Å². The van der Waals surface area contributed by atoms with Crippen LogP contribution in [0.2, 0.25) is 0 Å². The van der Waals surface area contributed by atoms with Crippen molar-refractivity contribution in [2.45, 2.75) is 6.92 Å². The van der Waals surface area contributed by atoms with Gasteiger partial charge in [-0.3, -0.25) is 4.48 Å². The molecule has 0 spiro atoms. The summed E-state index contributed by atoms with van der Waals surface area (Å²) in [6.45, 7) is 3.10. The molecule has 0 saturated heterocycles. The molecule has 0 N–H and O–H groups in total. The maximum Gasteiger partial charge on any atom is 0.196 e. The lowest BCUT2D eigenvalue weighted by atomic mass is 10.3. The molecule has 0 radical (unpaired) electrons. The van der Waals surface area contributed by atoms with Gasteiger partial charge in [-0.2, -0.15) is 4.99 Å². The van der Waals surface area contributed by atoms with Crippen LogP contribution in [0.3, 0.4) is 0 Å². The Kier molecular flexibility index (Phi) is 2.77. The lowest BCUT2D eigenvalue weighted by Crippen LogP contribution is -3.00. The SMILES string of the molecule is CC[N+]1(C)C=NC2=NC=NC2=C1.[Br-]. The van der Waals surface area contributed by atoms with Crippen molar-refractivity contribution in [2.24, 2.45) is 15.0 Å². The van der Waals surface area contributed by atoms with E-state index in [4.69, 9.17) is 0 Å². The van der Waals surface area contributed by atoms with Gasteiger partial charge in [0.05, 0.1) is 13.6 Å². The van der Waals surface area contributed by atoms with Gasteiger partial charge >= 0.3 is 0 Å².